The number of hydrogen-bond acceptors (Lipinski definition) is 7. The van der Waals surface area contributed by atoms with E-state index in [1.165, 1.54) is 22.6 Å². The minimum atomic E-state index is -3.51. The molecule has 4 N–H and O–H groups in total. The summed E-state index contributed by atoms with van der Waals surface area (Å²) < 4.78 is 30.8. The quantitative estimate of drug-likeness (QED) is 0.127. The molecule has 9 heteroatoms. The van der Waals surface area contributed by atoms with E-state index in [2.05, 4.69) is 40.6 Å². The zero-order chi connectivity index (χ0) is 25.5. The van der Waals surface area contributed by atoms with E-state index in [4.69, 9.17) is 4.74 Å². The summed E-state index contributed by atoms with van der Waals surface area (Å²) in [5, 5.41) is 23.4. The summed E-state index contributed by atoms with van der Waals surface area (Å²) in [5.74, 6) is -0.180. The monoisotopic (exact) mass is 524 g/mol. The molecule has 0 aliphatic rings. The SMILES string of the molecule is CSc1ccc(CCCCOCCCCCCNCC(O)c2ccc(O)c(NS(C)(=O)=O)c2)cc1. The van der Waals surface area contributed by atoms with Crippen LogP contribution in [0, 0.1) is 0 Å². The van der Waals surface area contributed by atoms with Gasteiger partial charge in [0.1, 0.15) is 5.75 Å². The molecule has 0 radical (unpaired) electrons. The molecule has 0 aliphatic carbocycles. The van der Waals surface area contributed by atoms with E-state index in [9.17, 15) is 18.6 Å². The highest BCUT2D eigenvalue weighted by Gasteiger charge is 2.12. The topological polar surface area (TPSA) is 108 Å². The lowest BCUT2D eigenvalue weighted by atomic mass is 10.1. The van der Waals surface area contributed by atoms with Crippen molar-refractivity contribution in [3.8, 4) is 5.75 Å². The van der Waals surface area contributed by atoms with Gasteiger partial charge in [0, 0.05) is 24.7 Å². The standard InChI is InChI=1S/C26H40N2O5S2/c1-34-23-13-10-21(11-14-23)9-5-8-18-33-17-7-4-3-6-16-27-20-26(30)22-12-15-25(29)24(19-22)28-35(2,31)32/h10-15,19,26-30H,3-9,16-18,20H2,1-2H3. The smallest absolute Gasteiger partial charge is 0.229 e. The van der Waals surface area contributed by atoms with Gasteiger partial charge < -0.3 is 20.3 Å². The highest BCUT2D eigenvalue weighted by molar-refractivity contribution is 7.98. The molecule has 0 fully saturated rings. The molecule has 2 aromatic rings. The van der Waals surface area contributed by atoms with Gasteiger partial charge in [-0.25, -0.2) is 8.42 Å². The van der Waals surface area contributed by atoms with Crippen LogP contribution in [0.5, 0.6) is 5.75 Å². The molecule has 7 nitrogen and oxygen atoms in total. The van der Waals surface area contributed by atoms with Crippen molar-refractivity contribution in [2.24, 2.45) is 0 Å². The molecule has 1 unspecified atom stereocenters. The maximum absolute atomic E-state index is 11.4. The first-order chi connectivity index (χ1) is 16.8. The van der Waals surface area contributed by atoms with Crippen molar-refractivity contribution >= 4 is 27.5 Å². The molecule has 0 aromatic heterocycles. The van der Waals surface area contributed by atoms with E-state index in [0.29, 0.717) is 12.1 Å². The molecule has 0 saturated heterocycles. The second-order valence-electron chi connectivity index (χ2n) is 8.70. The second-order valence-corrected chi connectivity index (χ2v) is 11.3. The second kappa shape index (κ2) is 16.1. The number of phenolic OH excluding ortho intramolecular Hbond substituents is 1. The van der Waals surface area contributed by atoms with Crippen LogP contribution in [0.2, 0.25) is 0 Å². The highest BCUT2D eigenvalue weighted by atomic mass is 32.2. The number of ether oxygens (including phenoxy) is 1. The molecule has 2 rings (SSSR count). The Morgan fingerprint density at radius 1 is 0.971 bits per heavy atom. The van der Waals surface area contributed by atoms with E-state index in [1.54, 1.807) is 17.8 Å². The third-order valence-electron chi connectivity index (χ3n) is 5.59. The Hall–Kier alpha value is -1.78. The fourth-order valence-corrected chi connectivity index (χ4v) is 4.61. The number of aliphatic hydroxyl groups is 1. The highest BCUT2D eigenvalue weighted by Crippen LogP contribution is 2.27. The third kappa shape index (κ3) is 12.7. The minimum absolute atomic E-state index is 0.0622. The molecule has 0 heterocycles. The third-order valence-corrected chi connectivity index (χ3v) is 6.93. The maximum atomic E-state index is 11.4. The molecule has 35 heavy (non-hydrogen) atoms. The number of anilines is 1. The van der Waals surface area contributed by atoms with Crippen LogP contribution in [0.25, 0.3) is 0 Å². The summed E-state index contributed by atoms with van der Waals surface area (Å²) >= 11 is 1.77. The van der Waals surface area contributed by atoms with Crippen molar-refractivity contribution in [3.05, 3.63) is 53.6 Å². The van der Waals surface area contributed by atoms with Crippen LogP contribution in [0.15, 0.2) is 47.4 Å². The summed E-state index contributed by atoms with van der Waals surface area (Å²) in [5.41, 5.74) is 1.99. The molecule has 0 saturated carbocycles. The predicted molar refractivity (Wildman–Crippen MR) is 145 cm³/mol. The molecule has 0 amide bonds. The zero-order valence-corrected chi connectivity index (χ0v) is 22.5. The van der Waals surface area contributed by atoms with Crippen LogP contribution >= 0.6 is 11.8 Å². The Bertz CT molecular complexity index is 968. The van der Waals surface area contributed by atoms with Crippen LogP contribution in [0.3, 0.4) is 0 Å². The number of aryl methyl sites for hydroxylation is 1. The van der Waals surface area contributed by atoms with Crippen molar-refractivity contribution < 1.29 is 23.4 Å². The van der Waals surface area contributed by atoms with Gasteiger partial charge in [-0.05, 0) is 80.3 Å². The van der Waals surface area contributed by atoms with Crippen molar-refractivity contribution in [1.82, 2.24) is 5.32 Å². The largest absolute Gasteiger partial charge is 0.506 e. The Kier molecular flexibility index (Phi) is 13.5. The summed E-state index contributed by atoms with van der Waals surface area (Å²) in [6.07, 6.45) is 9.93. The van der Waals surface area contributed by atoms with Crippen LogP contribution in [0.1, 0.15) is 55.8 Å². The maximum Gasteiger partial charge on any atom is 0.229 e. The molecule has 2 aromatic carbocycles. The number of sulfonamides is 1. The first-order valence-corrected chi connectivity index (χ1v) is 15.3. The van der Waals surface area contributed by atoms with E-state index in [1.807, 2.05) is 0 Å². The van der Waals surface area contributed by atoms with E-state index >= 15 is 0 Å². The van der Waals surface area contributed by atoms with E-state index in [-0.39, 0.29) is 11.4 Å². The molecule has 1 atom stereocenters. The van der Waals surface area contributed by atoms with E-state index in [0.717, 1.165) is 71.0 Å². The van der Waals surface area contributed by atoms with Gasteiger partial charge in [-0.1, -0.05) is 31.0 Å². The molecule has 0 aliphatic heterocycles. The lowest BCUT2D eigenvalue weighted by Crippen LogP contribution is -2.22. The van der Waals surface area contributed by atoms with Crippen molar-refractivity contribution in [2.45, 2.75) is 55.9 Å². The number of nitrogens with one attached hydrogen (secondary N) is 2. The summed E-state index contributed by atoms with van der Waals surface area (Å²) in [6, 6.07) is 13.2. The lowest BCUT2D eigenvalue weighted by molar-refractivity contribution is 0.126. The van der Waals surface area contributed by atoms with E-state index < -0.39 is 16.1 Å². The Labute approximate surface area is 214 Å². The number of aromatic hydroxyl groups is 1. The average Bonchev–Trinajstić information content (AvgIpc) is 2.82. The molecular weight excluding hydrogens is 484 g/mol. The number of aliphatic hydroxyl groups excluding tert-OH is 1. The van der Waals surface area contributed by atoms with Gasteiger partial charge >= 0.3 is 0 Å². The molecular formula is C26H40N2O5S2. The number of unbranched alkanes of at least 4 members (excludes halogenated alkanes) is 4. The Morgan fingerprint density at radius 3 is 2.34 bits per heavy atom. The van der Waals surface area contributed by atoms with Gasteiger partial charge in [0.15, 0.2) is 0 Å². The van der Waals surface area contributed by atoms with Crippen LogP contribution in [-0.4, -0.2) is 57.4 Å². The normalized spacial score (nSPS) is 12.5. The number of hydrogen-bond donors (Lipinski definition) is 4. The van der Waals surface area contributed by atoms with Crippen LogP contribution in [0.4, 0.5) is 5.69 Å². The van der Waals surface area contributed by atoms with Gasteiger partial charge in [-0.3, -0.25) is 4.72 Å². The summed E-state index contributed by atoms with van der Waals surface area (Å²) in [7, 11) is -3.51. The fourth-order valence-electron chi connectivity index (χ4n) is 3.63. The van der Waals surface area contributed by atoms with Crippen molar-refractivity contribution in [1.29, 1.82) is 0 Å². The van der Waals surface area contributed by atoms with Crippen molar-refractivity contribution in [3.63, 3.8) is 0 Å². The fraction of sp³-hybridized carbons (Fsp3) is 0.538. The first kappa shape index (κ1) is 29.5. The van der Waals surface area contributed by atoms with Gasteiger partial charge in [-0.2, -0.15) is 0 Å². The average molecular weight is 525 g/mol. The molecule has 0 spiro atoms. The Balaban J connectivity index is 1.45. The molecule has 0 bridgehead atoms. The van der Waals surface area contributed by atoms with Crippen LogP contribution in [-0.2, 0) is 21.2 Å². The molecule has 196 valence electrons. The number of phenols is 1. The van der Waals surface area contributed by atoms with Gasteiger partial charge in [-0.15, -0.1) is 11.8 Å². The predicted octanol–water partition coefficient (Wildman–Crippen LogP) is 4.71. The summed E-state index contributed by atoms with van der Waals surface area (Å²) in [6.45, 7) is 2.77. The van der Waals surface area contributed by atoms with Gasteiger partial charge in [0.25, 0.3) is 0 Å². The first-order valence-electron chi connectivity index (χ1n) is 12.2. The summed E-state index contributed by atoms with van der Waals surface area (Å²) in [4.78, 5) is 1.31. The van der Waals surface area contributed by atoms with Gasteiger partial charge in [0.05, 0.1) is 18.0 Å². The lowest BCUT2D eigenvalue weighted by Gasteiger charge is -2.14. The minimum Gasteiger partial charge on any atom is -0.506 e. The number of benzene rings is 2. The van der Waals surface area contributed by atoms with Gasteiger partial charge in [0.2, 0.25) is 10.0 Å². The zero-order valence-electron chi connectivity index (χ0n) is 20.8. The number of rotatable bonds is 18. The van der Waals surface area contributed by atoms with Crippen LogP contribution < -0.4 is 10.0 Å². The number of thioether (sulfide) groups is 1. The Morgan fingerprint density at radius 2 is 1.66 bits per heavy atom. The van der Waals surface area contributed by atoms with Crippen molar-refractivity contribution in [2.75, 3.05) is 43.5 Å².